The van der Waals surface area contributed by atoms with Crippen LogP contribution >= 0.6 is 0 Å². The number of para-hydroxylation sites is 1. The molecule has 1 atom stereocenters. The van der Waals surface area contributed by atoms with Crippen molar-refractivity contribution in [2.45, 2.75) is 12.0 Å². The van der Waals surface area contributed by atoms with Crippen molar-refractivity contribution in [2.75, 3.05) is 24.7 Å². The number of benzene rings is 1. The number of carbonyl (C=O) groups excluding carboxylic acids is 1. The summed E-state index contributed by atoms with van der Waals surface area (Å²) in [6.07, 6.45) is 0.398. The molecule has 0 aliphatic carbocycles. The highest BCUT2D eigenvalue weighted by atomic mass is 16.5. The monoisotopic (exact) mass is 264 g/mol. The van der Waals surface area contributed by atoms with Crippen molar-refractivity contribution >= 4 is 17.6 Å². The van der Waals surface area contributed by atoms with Gasteiger partial charge in [-0.15, -0.1) is 0 Å². The Bertz CT molecular complexity index is 469. The first-order chi connectivity index (χ1) is 9.03. The lowest BCUT2D eigenvalue weighted by molar-refractivity contribution is -0.137. The molecule has 1 aliphatic rings. The molecule has 3 N–H and O–H groups in total. The van der Waals surface area contributed by atoms with Crippen molar-refractivity contribution in [2.24, 2.45) is 5.73 Å². The summed E-state index contributed by atoms with van der Waals surface area (Å²) in [6.45, 7) is 0.120. The second kappa shape index (κ2) is 5.38. The van der Waals surface area contributed by atoms with E-state index in [1.54, 1.807) is 30.3 Å². The molecular formula is C13H16N2O4. The molecule has 102 valence electrons. The van der Waals surface area contributed by atoms with Gasteiger partial charge in [0.2, 0.25) is 5.91 Å². The van der Waals surface area contributed by atoms with Gasteiger partial charge in [0, 0.05) is 12.3 Å². The largest absolute Gasteiger partial charge is 0.480 e. The van der Waals surface area contributed by atoms with Crippen LogP contribution in [0.3, 0.4) is 0 Å². The zero-order valence-electron chi connectivity index (χ0n) is 10.4. The highest BCUT2D eigenvalue weighted by Gasteiger charge is 2.42. The number of anilines is 1. The van der Waals surface area contributed by atoms with Crippen LogP contribution in [0.25, 0.3) is 0 Å². The van der Waals surface area contributed by atoms with Gasteiger partial charge in [0.05, 0.1) is 6.61 Å². The van der Waals surface area contributed by atoms with Crippen LogP contribution in [0.4, 0.5) is 5.69 Å². The van der Waals surface area contributed by atoms with Gasteiger partial charge < -0.3 is 15.6 Å². The number of amides is 1. The number of nitrogens with two attached hydrogens (primary N) is 1. The highest BCUT2D eigenvalue weighted by molar-refractivity contribution is 6.03. The summed E-state index contributed by atoms with van der Waals surface area (Å²) in [5.74, 6) is -1.50. The van der Waals surface area contributed by atoms with Crippen LogP contribution in [0, 0.1) is 0 Å². The van der Waals surface area contributed by atoms with E-state index in [4.69, 9.17) is 15.6 Å². The van der Waals surface area contributed by atoms with E-state index < -0.39 is 24.0 Å². The van der Waals surface area contributed by atoms with E-state index in [2.05, 4.69) is 0 Å². The van der Waals surface area contributed by atoms with E-state index in [0.29, 0.717) is 18.7 Å². The summed E-state index contributed by atoms with van der Waals surface area (Å²) in [6, 6.07) is 8.64. The minimum absolute atomic E-state index is 0.120. The van der Waals surface area contributed by atoms with E-state index in [-0.39, 0.29) is 6.61 Å². The van der Waals surface area contributed by atoms with Crippen molar-refractivity contribution < 1.29 is 19.4 Å². The fourth-order valence-electron chi connectivity index (χ4n) is 2.04. The third kappa shape index (κ3) is 2.91. The molecule has 1 aromatic rings. The van der Waals surface area contributed by atoms with E-state index >= 15 is 0 Å². The number of aliphatic carboxylic acids is 1. The molecule has 1 aliphatic heterocycles. The molecule has 0 saturated carbocycles. The van der Waals surface area contributed by atoms with Crippen LogP contribution in [0.2, 0.25) is 0 Å². The zero-order valence-corrected chi connectivity index (χ0v) is 10.4. The summed E-state index contributed by atoms with van der Waals surface area (Å²) in [5.41, 5.74) is 5.39. The zero-order chi connectivity index (χ0) is 13.9. The Morgan fingerprint density at radius 1 is 1.37 bits per heavy atom. The molecular weight excluding hydrogens is 248 g/mol. The molecule has 6 heteroatoms. The Morgan fingerprint density at radius 3 is 2.58 bits per heavy atom. The summed E-state index contributed by atoms with van der Waals surface area (Å²) in [4.78, 5) is 24.6. The first kappa shape index (κ1) is 13.5. The van der Waals surface area contributed by atoms with Crippen LogP contribution in [0.5, 0.6) is 0 Å². The van der Waals surface area contributed by atoms with Gasteiger partial charge in [0.1, 0.15) is 12.1 Å². The minimum atomic E-state index is -1.13. The summed E-state index contributed by atoms with van der Waals surface area (Å²) in [5, 5.41) is 8.95. The van der Waals surface area contributed by atoms with Crippen molar-refractivity contribution in [3.63, 3.8) is 0 Å². The molecule has 0 bridgehead atoms. The number of hydrogen-bond donors (Lipinski definition) is 2. The Labute approximate surface area is 110 Å². The second-order valence-electron chi connectivity index (χ2n) is 4.58. The molecule has 2 rings (SSSR count). The SMILES string of the molecule is NC1(C(=O)N(CC(=O)O)c2ccccc2)CCOC1. The molecule has 1 saturated heterocycles. The summed E-state index contributed by atoms with van der Waals surface area (Å²) in [7, 11) is 0. The Kier molecular flexibility index (Phi) is 3.82. The van der Waals surface area contributed by atoms with Gasteiger partial charge in [-0.2, -0.15) is 0 Å². The van der Waals surface area contributed by atoms with Crippen molar-refractivity contribution in [3.8, 4) is 0 Å². The van der Waals surface area contributed by atoms with E-state index in [0.717, 1.165) is 0 Å². The molecule has 19 heavy (non-hydrogen) atoms. The van der Waals surface area contributed by atoms with Crippen LogP contribution in [-0.4, -0.2) is 42.3 Å². The number of carboxylic acid groups (broad SMARTS) is 1. The predicted molar refractivity (Wildman–Crippen MR) is 68.8 cm³/mol. The van der Waals surface area contributed by atoms with Crippen LogP contribution < -0.4 is 10.6 Å². The molecule has 1 heterocycles. The molecule has 0 aromatic heterocycles. The second-order valence-corrected chi connectivity index (χ2v) is 4.58. The number of carbonyl (C=O) groups is 2. The smallest absolute Gasteiger partial charge is 0.323 e. The van der Waals surface area contributed by atoms with Gasteiger partial charge in [0.25, 0.3) is 0 Å². The van der Waals surface area contributed by atoms with Crippen molar-refractivity contribution in [1.29, 1.82) is 0 Å². The van der Waals surface area contributed by atoms with Gasteiger partial charge in [-0.1, -0.05) is 18.2 Å². The number of carboxylic acids is 1. The molecule has 0 radical (unpaired) electrons. The average molecular weight is 264 g/mol. The fourth-order valence-corrected chi connectivity index (χ4v) is 2.04. The quantitative estimate of drug-likeness (QED) is 0.811. The fraction of sp³-hybridized carbons (Fsp3) is 0.385. The number of hydrogen-bond acceptors (Lipinski definition) is 4. The molecule has 1 aromatic carbocycles. The van der Waals surface area contributed by atoms with E-state index in [9.17, 15) is 9.59 Å². The Hall–Kier alpha value is -1.92. The lowest BCUT2D eigenvalue weighted by Gasteiger charge is -2.29. The van der Waals surface area contributed by atoms with Gasteiger partial charge in [-0.05, 0) is 18.6 Å². The van der Waals surface area contributed by atoms with Gasteiger partial charge in [0.15, 0.2) is 0 Å². The lowest BCUT2D eigenvalue weighted by Crippen LogP contribution is -2.57. The third-order valence-electron chi connectivity index (χ3n) is 3.08. The normalized spacial score (nSPS) is 22.2. The number of rotatable bonds is 4. The third-order valence-corrected chi connectivity index (χ3v) is 3.08. The van der Waals surface area contributed by atoms with E-state index in [1.165, 1.54) is 4.90 Å². The first-order valence-corrected chi connectivity index (χ1v) is 5.98. The molecule has 0 spiro atoms. The van der Waals surface area contributed by atoms with Gasteiger partial charge in [-0.3, -0.25) is 14.5 Å². The van der Waals surface area contributed by atoms with Crippen molar-refractivity contribution in [1.82, 2.24) is 0 Å². The maximum atomic E-state index is 12.5. The standard InChI is InChI=1S/C13H16N2O4/c14-13(6-7-19-9-13)12(18)15(8-11(16)17)10-4-2-1-3-5-10/h1-5H,6-9,14H2,(H,16,17). The predicted octanol–water partition coefficient (Wildman–Crippen LogP) is 0.222. The minimum Gasteiger partial charge on any atom is -0.480 e. The summed E-state index contributed by atoms with van der Waals surface area (Å²) >= 11 is 0. The number of nitrogens with zero attached hydrogens (tertiary/aromatic N) is 1. The molecule has 6 nitrogen and oxygen atoms in total. The molecule has 1 amide bonds. The maximum Gasteiger partial charge on any atom is 0.323 e. The van der Waals surface area contributed by atoms with Gasteiger partial charge >= 0.3 is 5.97 Å². The topological polar surface area (TPSA) is 92.9 Å². The first-order valence-electron chi connectivity index (χ1n) is 5.98. The summed E-state index contributed by atoms with van der Waals surface area (Å²) < 4.78 is 5.15. The van der Waals surface area contributed by atoms with Crippen LogP contribution in [-0.2, 0) is 14.3 Å². The molecule has 1 fully saturated rings. The average Bonchev–Trinajstić information content (AvgIpc) is 2.84. The Morgan fingerprint density at radius 2 is 2.05 bits per heavy atom. The van der Waals surface area contributed by atoms with Gasteiger partial charge in [-0.25, -0.2) is 0 Å². The maximum absolute atomic E-state index is 12.5. The number of ether oxygens (including phenoxy) is 1. The highest BCUT2D eigenvalue weighted by Crippen LogP contribution is 2.22. The lowest BCUT2D eigenvalue weighted by atomic mass is 9.98. The molecule has 1 unspecified atom stereocenters. The Balaban J connectivity index is 2.27. The van der Waals surface area contributed by atoms with Crippen LogP contribution in [0.1, 0.15) is 6.42 Å². The van der Waals surface area contributed by atoms with Crippen LogP contribution in [0.15, 0.2) is 30.3 Å². The van der Waals surface area contributed by atoms with E-state index in [1.807, 2.05) is 0 Å². The van der Waals surface area contributed by atoms with Crippen molar-refractivity contribution in [3.05, 3.63) is 30.3 Å².